The van der Waals surface area contributed by atoms with Gasteiger partial charge in [-0.25, -0.2) is 4.68 Å². The minimum absolute atomic E-state index is 0.0822. The number of aromatic nitrogens is 4. The van der Waals surface area contributed by atoms with Crippen molar-refractivity contribution >= 4 is 5.69 Å². The summed E-state index contributed by atoms with van der Waals surface area (Å²) in [5, 5.41) is 38.5. The molecule has 0 unspecified atom stereocenters. The van der Waals surface area contributed by atoms with Gasteiger partial charge in [-0.2, -0.15) is 26.0 Å². The Morgan fingerprint density at radius 3 is 2.26 bits per heavy atom. The molecule has 0 saturated heterocycles. The van der Waals surface area contributed by atoms with Crippen molar-refractivity contribution < 1.29 is 0 Å². The van der Waals surface area contributed by atoms with Gasteiger partial charge in [0, 0.05) is 30.7 Å². The molecule has 0 aliphatic heterocycles. The van der Waals surface area contributed by atoms with Gasteiger partial charge in [-0.05, 0) is 37.3 Å². The zero-order valence-electron chi connectivity index (χ0n) is 14.7. The lowest BCUT2D eigenvalue weighted by atomic mass is 10.2. The summed E-state index contributed by atoms with van der Waals surface area (Å²) in [6.45, 7) is 1.94. The minimum Gasteiger partial charge on any atom is -0.345 e. The molecule has 2 heterocycles. The number of anilines is 1. The van der Waals surface area contributed by atoms with E-state index in [1.165, 1.54) is 0 Å². The van der Waals surface area contributed by atoms with Crippen molar-refractivity contribution in [1.82, 2.24) is 19.6 Å². The number of benzene rings is 1. The van der Waals surface area contributed by atoms with Gasteiger partial charge in [0.1, 0.15) is 23.9 Å². The number of hydrogen-bond acceptors (Lipinski definition) is 6. The van der Waals surface area contributed by atoms with Crippen molar-refractivity contribution in [3.63, 3.8) is 0 Å². The molecule has 2 aromatic heterocycles. The first-order valence-corrected chi connectivity index (χ1v) is 7.94. The molecule has 8 nitrogen and oxygen atoms in total. The molecular weight excluding hydrogens is 340 g/mol. The van der Waals surface area contributed by atoms with Crippen LogP contribution in [0.4, 0.5) is 5.69 Å². The first kappa shape index (κ1) is 17.5. The van der Waals surface area contributed by atoms with E-state index < -0.39 is 0 Å². The summed E-state index contributed by atoms with van der Waals surface area (Å²) in [6.07, 6.45) is 3.78. The van der Waals surface area contributed by atoms with E-state index in [9.17, 15) is 0 Å². The summed E-state index contributed by atoms with van der Waals surface area (Å²) in [4.78, 5) is 0. The van der Waals surface area contributed by atoms with Crippen LogP contribution in [0.3, 0.4) is 0 Å². The molecule has 0 bridgehead atoms. The minimum atomic E-state index is -0.259. The molecule has 0 amide bonds. The van der Waals surface area contributed by atoms with Gasteiger partial charge in [0.05, 0.1) is 17.1 Å². The highest BCUT2D eigenvalue weighted by molar-refractivity contribution is 5.62. The van der Waals surface area contributed by atoms with Gasteiger partial charge in [0.2, 0.25) is 0 Å². The van der Waals surface area contributed by atoms with Gasteiger partial charge in [0.25, 0.3) is 0 Å². The predicted octanol–water partition coefficient (Wildman–Crippen LogP) is 2.82. The van der Waals surface area contributed by atoms with E-state index in [0.717, 1.165) is 22.6 Å². The fourth-order valence-electron chi connectivity index (χ4n) is 2.59. The average molecular weight is 354 g/mol. The summed E-state index contributed by atoms with van der Waals surface area (Å²) in [5.41, 5.74) is 3.78. The van der Waals surface area contributed by atoms with Crippen LogP contribution in [-0.4, -0.2) is 19.6 Å². The van der Waals surface area contributed by atoms with Crippen LogP contribution in [0.15, 0.2) is 54.0 Å². The van der Waals surface area contributed by atoms with Crippen LogP contribution in [0.2, 0.25) is 0 Å². The zero-order valence-corrected chi connectivity index (χ0v) is 14.7. The molecule has 0 saturated carbocycles. The number of nitrogens with one attached hydrogen (secondary N) is 1. The van der Waals surface area contributed by atoms with Crippen molar-refractivity contribution in [2.45, 2.75) is 6.92 Å². The first-order chi connectivity index (χ1) is 13.0. The molecular formula is C19H14N8. The van der Waals surface area contributed by atoms with Crippen LogP contribution in [-0.2, 0) is 7.05 Å². The molecule has 0 spiro atoms. The van der Waals surface area contributed by atoms with Crippen molar-refractivity contribution in [2.75, 3.05) is 5.32 Å². The topological polar surface area (TPSA) is 119 Å². The molecule has 8 heteroatoms. The summed E-state index contributed by atoms with van der Waals surface area (Å²) in [5.74, 6) is 0. The summed E-state index contributed by atoms with van der Waals surface area (Å²) < 4.78 is 3.49. The van der Waals surface area contributed by atoms with Crippen molar-refractivity contribution in [2.24, 2.45) is 7.05 Å². The summed E-state index contributed by atoms with van der Waals surface area (Å²) >= 11 is 0. The molecule has 0 radical (unpaired) electrons. The second kappa shape index (κ2) is 7.26. The monoisotopic (exact) mass is 354 g/mol. The molecule has 27 heavy (non-hydrogen) atoms. The van der Waals surface area contributed by atoms with Crippen LogP contribution >= 0.6 is 0 Å². The third kappa shape index (κ3) is 3.53. The van der Waals surface area contributed by atoms with Gasteiger partial charge in [-0.1, -0.05) is 0 Å². The van der Waals surface area contributed by atoms with Crippen molar-refractivity contribution in [3.8, 4) is 35.2 Å². The van der Waals surface area contributed by atoms with E-state index in [1.807, 2.05) is 50.6 Å². The van der Waals surface area contributed by atoms with Crippen LogP contribution in [0.25, 0.3) is 16.9 Å². The quantitative estimate of drug-likeness (QED) is 0.720. The lowest BCUT2D eigenvalue weighted by Gasteiger charge is -2.06. The SMILES string of the molecule is Cc1nn(C)cc1-c1ccn(-c2ccc(NC(C#N)=C(C#N)C#N)cc2)n1. The summed E-state index contributed by atoms with van der Waals surface area (Å²) in [6, 6.07) is 14.3. The number of aryl methyl sites for hydroxylation is 2. The maximum atomic E-state index is 9.09. The fraction of sp³-hybridized carbons (Fsp3) is 0.105. The van der Waals surface area contributed by atoms with Crippen molar-refractivity contribution in [1.29, 1.82) is 15.8 Å². The van der Waals surface area contributed by atoms with E-state index in [2.05, 4.69) is 15.5 Å². The van der Waals surface area contributed by atoms with Crippen LogP contribution in [0, 0.1) is 40.9 Å². The van der Waals surface area contributed by atoms with Crippen molar-refractivity contribution in [3.05, 3.63) is 59.7 Å². The lowest BCUT2D eigenvalue weighted by Crippen LogP contribution is -2.01. The summed E-state index contributed by atoms with van der Waals surface area (Å²) in [7, 11) is 1.87. The van der Waals surface area contributed by atoms with E-state index in [4.69, 9.17) is 15.8 Å². The Bertz CT molecular complexity index is 1120. The first-order valence-electron chi connectivity index (χ1n) is 7.94. The Balaban J connectivity index is 1.84. The fourth-order valence-corrected chi connectivity index (χ4v) is 2.59. The largest absolute Gasteiger partial charge is 0.345 e. The second-order valence-electron chi connectivity index (χ2n) is 5.70. The Morgan fingerprint density at radius 1 is 1.00 bits per heavy atom. The molecule has 0 atom stereocenters. The Labute approximate surface area is 155 Å². The molecule has 1 N–H and O–H groups in total. The Kier molecular flexibility index (Phi) is 4.70. The molecule has 0 aliphatic carbocycles. The number of rotatable bonds is 4. The highest BCUT2D eigenvalue weighted by Gasteiger charge is 2.10. The average Bonchev–Trinajstić information content (AvgIpc) is 3.28. The predicted molar refractivity (Wildman–Crippen MR) is 98.0 cm³/mol. The van der Waals surface area contributed by atoms with E-state index in [0.29, 0.717) is 5.69 Å². The highest BCUT2D eigenvalue weighted by atomic mass is 15.3. The highest BCUT2D eigenvalue weighted by Crippen LogP contribution is 2.22. The number of nitrogens with zero attached hydrogens (tertiary/aromatic N) is 7. The lowest BCUT2D eigenvalue weighted by molar-refractivity contribution is 0.756. The number of hydrogen-bond donors (Lipinski definition) is 1. The van der Waals surface area contributed by atoms with Crippen LogP contribution in [0.5, 0.6) is 0 Å². The number of allylic oxidation sites excluding steroid dienone is 2. The van der Waals surface area contributed by atoms with Gasteiger partial charge in [-0.3, -0.25) is 4.68 Å². The maximum absolute atomic E-state index is 9.09. The van der Waals surface area contributed by atoms with Gasteiger partial charge in [0.15, 0.2) is 5.57 Å². The third-order valence-corrected chi connectivity index (χ3v) is 3.87. The molecule has 3 aromatic rings. The standard InChI is InChI=1S/C19H14N8/c1-13-17(12-26(2)24-13)18-7-8-27(25-18)16-5-3-15(4-6-16)23-19(11-22)14(9-20)10-21/h3-8,12,23H,1-2H3. The van der Waals surface area contributed by atoms with Crippen LogP contribution < -0.4 is 5.32 Å². The Morgan fingerprint density at radius 2 is 1.70 bits per heavy atom. The van der Waals surface area contributed by atoms with E-state index >= 15 is 0 Å². The zero-order chi connectivity index (χ0) is 19.4. The normalized spacial score (nSPS) is 9.74. The molecule has 130 valence electrons. The second-order valence-corrected chi connectivity index (χ2v) is 5.70. The Hall–Kier alpha value is -4.35. The third-order valence-electron chi connectivity index (χ3n) is 3.87. The smallest absolute Gasteiger partial charge is 0.163 e. The molecule has 1 aromatic carbocycles. The molecule has 0 aliphatic rings. The molecule has 0 fully saturated rings. The van der Waals surface area contributed by atoms with E-state index in [1.54, 1.807) is 33.6 Å². The van der Waals surface area contributed by atoms with E-state index in [-0.39, 0.29) is 11.3 Å². The van der Waals surface area contributed by atoms with Gasteiger partial charge in [-0.15, -0.1) is 0 Å². The maximum Gasteiger partial charge on any atom is 0.163 e. The molecule has 3 rings (SSSR count). The van der Waals surface area contributed by atoms with Gasteiger partial charge >= 0.3 is 0 Å². The number of nitriles is 3. The van der Waals surface area contributed by atoms with Gasteiger partial charge < -0.3 is 5.32 Å². The van der Waals surface area contributed by atoms with Crippen LogP contribution in [0.1, 0.15) is 5.69 Å².